The third-order valence-corrected chi connectivity index (χ3v) is 2.42. The Bertz CT molecular complexity index is 221. The zero-order valence-corrected chi connectivity index (χ0v) is 7.62. The van der Waals surface area contributed by atoms with Crippen molar-refractivity contribution in [3.8, 4) is 6.07 Å². The molecule has 13 heavy (non-hydrogen) atoms. The first kappa shape index (κ1) is 10.0. The summed E-state index contributed by atoms with van der Waals surface area (Å²) in [6.45, 7) is 0.109. The van der Waals surface area contributed by atoms with Gasteiger partial charge in [0, 0.05) is 12.5 Å². The van der Waals surface area contributed by atoms with Gasteiger partial charge in [0.25, 0.3) is 0 Å². The van der Waals surface area contributed by atoms with Crippen LogP contribution in [0.4, 0.5) is 0 Å². The second-order valence-electron chi connectivity index (χ2n) is 3.58. The monoisotopic (exact) mass is 181 g/mol. The zero-order chi connectivity index (χ0) is 9.68. The SMILES string of the molecule is N#CCNC(=O)CC1CCC(N)C1. The average molecular weight is 181 g/mol. The summed E-state index contributed by atoms with van der Waals surface area (Å²) in [6, 6.07) is 2.15. The number of carbonyl (C=O) groups excluding carboxylic acids is 1. The van der Waals surface area contributed by atoms with Crippen LogP contribution in [0.15, 0.2) is 0 Å². The molecule has 0 radical (unpaired) electrons. The van der Waals surface area contributed by atoms with Crippen LogP contribution < -0.4 is 11.1 Å². The van der Waals surface area contributed by atoms with E-state index in [1.54, 1.807) is 0 Å². The molecule has 1 saturated carbocycles. The molecule has 0 spiro atoms. The Labute approximate surface area is 78.1 Å². The maximum absolute atomic E-state index is 11.2. The van der Waals surface area contributed by atoms with Crippen molar-refractivity contribution in [1.29, 1.82) is 5.26 Å². The van der Waals surface area contributed by atoms with Gasteiger partial charge in [0.1, 0.15) is 6.54 Å². The van der Waals surface area contributed by atoms with Gasteiger partial charge in [-0.2, -0.15) is 5.26 Å². The number of amides is 1. The minimum atomic E-state index is -0.0272. The molecule has 4 heteroatoms. The summed E-state index contributed by atoms with van der Waals surface area (Å²) in [7, 11) is 0. The van der Waals surface area contributed by atoms with Gasteiger partial charge in [-0.05, 0) is 25.2 Å². The minimum absolute atomic E-state index is 0.0272. The first-order valence-corrected chi connectivity index (χ1v) is 4.61. The lowest BCUT2D eigenvalue weighted by molar-refractivity contribution is -0.121. The summed E-state index contributed by atoms with van der Waals surface area (Å²) < 4.78 is 0. The summed E-state index contributed by atoms with van der Waals surface area (Å²) in [5.74, 6) is 0.398. The summed E-state index contributed by atoms with van der Waals surface area (Å²) in [5.41, 5.74) is 5.72. The fourth-order valence-electron chi connectivity index (χ4n) is 1.77. The molecule has 4 nitrogen and oxygen atoms in total. The molecule has 3 N–H and O–H groups in total. The van der Waals surface area contributed by atoms with Gasteiger partial charge in [-0.25, -0.2) is 0 Å². The van der Waals surface area contributed by atoms with Crippen molar-refractivity contribution in [3.05, 3.63) is 0 Å². The maximum atomic E-state index is 11.2. The van der Waals surface area contributed by atoms with Crippen LogP contribution in [0, 0.1) is 17.2 Å². The predicted octanol–water partition coefficient (Wildman–Crippen LogP) is 0.144. The van der Waals surface area contributed by atoms with E-state index in [4.69, 9.17) is 11.0 Å². The number of hydrogen-bond acceptors (Lipinski definition) is 3. The van der Waals surface area contributed by atoms with Crippen LogP contribution in [-0.4, -0.2) is 18.5 Å². The topological polar surface area (TPSA) is 78.9 Å². The Hall–Kier alpha value is -1.08. The van der Waals surface area contributed by atoms with E-state index < -0.39 is 0 Å². The first-order chi connectivity index (χ1) is 6.22. The van der Waals surface area contributed by atoms with Gasteiger partial charge < -0.3 is 11.1 Å². The van der Waals surface area contributed by atoms with Crippen molar-refractivity contribution in [3.63, 3.8) is 0 Å². The zero-order valence-electron chi connectivity index (χ0n) is 7.62. The first-order valence-electron chi connectivity index (χ1n) is 4.61. The standard InChI is InChI=1S/C9H15N3O/c10-3-4-12-9(13)6-7-1-2-8(11)5-7/h7-8H,1-2,4-6,11H2,(H,12,13). The number of nitriles is 1. The molecule has 2 atom stereocenters. The Morgan fingerprint density at radius 2 is 2.38 bits per heavy atom. The van der Waals surface area contributed by atoms with Gasteiger partial charge in [-0.15, -0.1) is 0 Å². The summed E-state index contributed by atoms with van der Waals surface area (Å²) in [5, 5.41) is 10.8. The minimum Gasteiger partial charge on any atom is -0.343 e. The van der Waals surface area contributed by atoms with Gasteiger partial charge in [-0.3, -0.25) is 4.79 Å². The largest absolute Gasteiger partial charge is 0.343 e. The predicted molar refractivity (Wildman–Crippen MR) is 48.6 cm³/mol. The van der Waals surface area contributed by atoms with E-state index >= 15 is 0 Å². The molecule has 1 amide bonds. The highest BCUT2D eigenvalue weighted by molar-refractivity contribution is 5.76. The fraction of sp³-hybridized carbons (Fsp3) is 0.778. The highest BCUT2D eigenvalue weighted by atomic mass is 16.1. The Balaban J connectivity index is 2.18. The van der Waals surface area contributed by atoms with E-state index in [-0.39, 0.29) is 18.5 Å². The van der Waals surface area contributed by atoms with Crippen LogP contribution in [0.3, 0.4) is 0 Å². The molecule has 0 aromatic carbocycles. The molecule has 0 saturated heterocycles. The fourth-order valence-corrected chi connectivity index (χ4v) is 1.77. The molecule has 1 rings (SSSR count). The molecular formula is C9H15N3O. The molecule has 0 heterocycles. The van der Waals surface area contributed by atoms with Crippen molar-refractivity contribution < 1.29 is 4.79 Å². The third kappa shape index (κ3) is 3.43. The van der Waals surface area contributed by atoms with Crippen LogP contribution >= 0.6 is 0 Å². The summed E-state index contributed by atoms with van der Waals surface area (Å²) >= 11 is 0. The number of hydrogen-bond donors (Lipinski definition) is 2. The molecule has 1 aliphatic carbocycles. The van der Waals surface area contributed by atoms with Gasteiger partial charge >= 0.3 is 0 Å². The van der Waals surface area contributed by atoms with Crippen LogP contribution in [0.5, 0.6) is 0 Å². The highest BCUT2D eigenvalue weighted by Gasteiger charge is 2.23. The molecular weight excluding hydrogens is 166 g/mol. The number of nitrogens with two attached hydrogens (primary N) is 1. The summed E-state index contributed by atoms with van der Waals surface area (Å²) in [4.78, 5) is 11.2. The van der Waals surface area contributed by atoms with Crippen molar-refractivity contribution in [2.75, 3.05) is 6.54 Å². The molecule has 2 unspecified atom stereocenters. The van der Waals surface area contributed by atoms with Crippen molar-refractivity contribution in [1.82, 2.24) is 5.32 Å². The number of carbonyl (C=O) groups is 1. The van der Waals surface area contributed by atoms with Crippen molar-refractivity contribution >= 4 is 5.91 Å². The Morgan fingerprint density at radius 3 is 2.92 bits per heavy atom. The van der Waals surface area contributed by atoms with Gasteiger partial charge in [-0.1, -0.05) is 0 Å². The average Bonchev–Trinajstić information content (AvgIpc) is 2.48. The van der Waals surface area contributed by atoms with Crippen LogP contribution in [0.25, 0.3) is 0 Å². The lowest BCUT2D eigenvalue weighted by atomic mass is 10.0. The van der Waals surface area contributed by atoms with Crippen LogP contribution in [0.2, 0.25) is 0 Å². The van der Waals surface area contributed by atoms with E-state index in [1.165, 1.54) is 0 Å². The smallest absolute Gasteiger partial charge is 0.221 e. The third-order valence-electron chi connectivity index (χ3n) is 2.42. The van der Waals surface area contributed by atoms with E-state index in [2.05, 4.69) is 5.32 Å². The summed E-state index contributed by atoms with van der Waals surface area (Å²) in [6.07, 6.45) is 3.53. The maximum Gasteiger partial charge on any atom is 0.221 e. The Kier molecular flexibility index (Phi) is 3.71. The molecule has 1 fully saturated rings. The van der Waals surface area contributed by atoms with Crippen LogP contribution in [0.1, 0.15) is 25.7 Å². The number of rotatable bonds is 3. The number of nitrogens with zero attached hydrogens (tertiary/aromatic N) is 1. The van der Waals surface area contributed by atoms with Crippen LogP contribution in [-0.2, 0) is 4.79 Å². The molecule has 1 aliphatic rings. The lowest BCUT2D eigenvalue weighted by Gasteiger charge is -2.07. The van der Waals surface area contributed by atoms with Crippen molar-refractivity contribution in [2.24, 2.45) is 11.7 Å². The van der Waals surface area contributed by atoms with E-state index in [1.807, 2.05) is 6.07 Å². The second kappa shape index (κ2) is 4.83. The van der Waals surface area contributed by atoms with E-state index in [9.17, 15) is 4.79 Å². The molecule has 0 aliphatic heterocycles. The van der Waals surface area contributed by atoms with Gasteiger partial charge in [0.2, 0.25) is 5.91 Å². The number of nitrogens with one attached hydrogen (secondary N) is 1. The van der Waals surface area contributed by atoms with Gasteiger partial charge in [0.15, 0.2) is 0 Å². The molecule has 0 aromatic rings. The van der Waals surface area contributed by atoms with Crippen molar-refractivity contribution in [2.45, 2.75) is 31.7 Å². The van der Waals surface area contributed by atoms with E-state index in [0.717, 1.165) is 19.3 Å². The molecule has 0 bridgehead atoms. The molecule has 0 aromatic heterocycles. The normalized spacial score (nSPS) is 26.8. The Morgan fingerprint density at radius 1 is 1.62 bits per heavy atom. The molecule has 72 valence electrons. The highest BCUT2D eigenvalue weighted by Crippen LogP contribution is 2.26. The lowest BCUT2D eigenvalue weighted by Crippen LogP contribution is -2.25. The van der Waals surface area contributed by atoms with Gasteiger partial charge in [0.05, 0.1) is 6.07 Å². The quantitative estimate of drug-likeness (QED) is 0.608. The second-order valence-corrected chi connectivity index (χ2v) is 3.58. The van der Waals surface area contributed by atoms with E-state index in [0.29, 0.717) is 12.3 Å².